The highest BCUT2D eigenvalue weighted by atomic mass is 16.5. The van der Waals surface area contributed by atoms with Crippen LogP contribution in [-0.4, -0.2) is 35.8 Å². The number of piperidine rings is 1. The van der Waals surface area contributed by atoms with Gasteiger partial charge in [0.2, 0.25) is 0 Å². The smallest absolute Gasteiger partial charge is 0.343 e. The molecule has 5 nitrogen and oxygen atoms in total. The maximum absolute atomic E-state index is 13.4. The van der Waals surface area contributed by atoms with Crippen molar-refractivity contribution < 1.29 is 14.6 Å². The number of hydrogen-bond acceptors (Lipinski definition) is 5. The van der Waals surface area contributed by atoms with Crippen molar-refractivity contribution in [3.8, 4) is 0 Å². The first-order valence-electron chi connectivity index (χ1n) is 12.2. The van der Waals surface area contributed by atoms with E-state index in [9.17, 15) is 9.90 Å². The third-order valence-corrected chi connectivity index (χ3v) is 7.45. The molecule has 1 saturated heterocycles. The normalized spacial score (nSPS) is 20.5. The molecule has 0 spiro atoms. The van der Waals surface area contributed by atoms with Crippen LogP contribution in [0.15, 0.2) is 54.9 Å². The van der Waals surface area contributed by atoms with Crippen LogP contribution < -0.4 is 5.32 Å². The second-order valence-corrected chi connectivity index (χ2v) is 9.46. The van der Waals surface area contributed by atoms with Gasteiger partial charge in [0.15, 0.2) is 5.60 Å². The van der Waals surface area contributed by atoms with Gasteiger partial charge in [0.05, 0.1) is 6.61 Å². The molecule has 0 radical (unpaired) electrons. The van der Waals surface area contributed by atoms with Gasteiger partial charge in [-0.3, -0.25) is 4.98 Å². The lowest BCUT2D eigenvalue weighted by Gasteiger charge is -2.33. The van der Waals surface area contributed by atoms with E-state index >= 15 is 0 Å². The molecule has 2 N–H and O–H groups in total. The van der Waals surface area contributed by atoms with Crippen LogP contribution in [0.5, 0.6) is 0 Å². The third-order valence-electron chi connectivity index (χ3n) is 7.45. The Bertz CT molecular complexity index is 832. The highest BCUT2D eigenvalue weighted by Gasteiger charge is 2.48. The average Bonchev–Trinajstić information content (AvgIpc) is 3.41. The number of ether oxygens (including phenoxy) is 1. The minimum atomic E-state index is -1.57. The van der Waals surface area contributed by atoms with E-state index in [0.29, 0.717) is 5.56 Å². The van der Waals surface area contributed by atoms with Gasteiger partial charge in [-0.25, -0.2) is 4.79 Å². The molecule has 2 heterocycles. The summed E-state index contributed by atoms with van der Waals surface area (Å²) in [6.45, 7) is 2.46. The standard InChI is InChI=1S/C27H36N2O3/c30-26(27(31,25-8-4-5-9-25)24-6-2-1-3-7-24)32-20-23(22-14-18-29-19-15-22)11-10-21-12-16-28-17-13-21/h1-3,6-7,14-15,18-19,21,23,25,28,31H,4-5,8-13,16-17,20H2. The van der Waals surface area contributed by atoms with E-state index in [1.165, 1.54) is 12.8 Å². The van der Waals surface area contributed by atoms with Crippen molar-refractivity contribution >= 4 is 5.97 Å². The quantitative estimate of drug-likeness (QED) is 0.564. The predicted octanol–water partition coefficient (Wildman–Crippen LogP) is 4.57. The maximum atomic E-state index is 13.4. The molecule has 172 valence electrons. The summed E-state index contributed by atoms with van der Waals surface area (Å²) >= 11 is 0. The Balaban J connectivity index is 1.47. The summed E-state index contributed by atoms with van der Waals surface area (Å²) in [5.41, 5.74) is 0.216. The molecule has 5 heteroatoms. The highest BCUT2D eigenvalue weighted by molar-refractivity contribution is 5.81. The molecule has 2 aromatic rings. The first kappa shape index (κ1) is 22.9. The van der Waals surface area contributed by atoms with Gasteiger partial charge in [0.25, 0.3) is 0 Å². The topological polar surface area (TPSA) is 71.5 Å². The zero-order valence-corrected chi connectivity index (χ0v) is 18.9. The fourth-order valence-electron chi connectivity index (χ4n) is 5.43. The lowest BCUT2D eigenvalue weighted by atomic mass is 9.80. The molecule has 2 fully saturated rings. The van der Waals surface area contributed by atoms with Crippen LogP contribution in [0.3, 0.4) is 0 Å². The van der Waals surface area contributed by atoms with E-state index < -0.39 is 11.6 Å². The zero-order valence-electron chi connectivity index (χ0n) is 18.9. The molecular formula is C27H36N2O3. The number of rotatable bonds is 9. The van der Waals surface area contributed by atoms with Crippen LogP contribution in [0.2, 0.25) is 0 Å². The summed E-state index contributed by atoms with van der Waals surface area (Å²) in [5, 5.41) is 15.1. The lowest BCUT2D eigenvalue weighted by Crippen LogP contribution is -2.44. The molecule has 1 aliphatic heterocycles. The number of pyridine rings is 1. The van der Waals surface area contributed by atoms with Crippen LogP contribution in [0.1, 0.15) is 68.4 Å². The van der Waals surface area contributed by atoms with Gasteiger partial charge in [0.1, 0.15) is 0 Å². The van der Waals surface area contributed by atoms with Crippen molar-refractivity contribution in [2.75, 3.05) is 19.7 Å². The first-order valence-corrected chi connectivity index (χ1v) is 12.2. The summed E-state index contributed by atoms with van der Waals surface area (Å²) in [6, 6.07) is 13.4. The van der Waals surface area contributed by atoms with Gasteiger partial charge in [-0.2, -0.15) is 0 Å². The van der Waals surface area contributed by atoms with Crippen LogP contribution >= 0.6 is 0 Å². The average molecular weight is 437 g/mol. The number of carbonyl (C=O) groups is 1. The zero-order chi connectivity index (χ0) is 22.2. The molecular weight excluding hydrogens is 400 g/mol. The van der Waals surface area contributed by atoms with E-state index in [0.717, 1.165) is 63.1 Å². The largest absolute Gasteiger partial charge is 0.463 e. The SMILES string of the molecule is O=C(OCC(CCC1CCNCC1)c1ccncc1)C(O)(c1ccccc1)C1CCCC1. The number of carbonyl (C=O) groups excluding carboxylic acids is 1. The summed E-state index contributed by atoms with van der Waals surface area (Å²) in [5.74, 6) is 0.236. The Morgan fingerprint density at radius 1 is 1.06 bits per heavy atom. The predicted molar refractivity (Wildman–Crippen MR) is 125 cm³/mol. The molecule has 1 aromatic carbocycles. The second-order valence-electron chi connectivity index (χ2n) is 9.46. The minimum Gasteiger partial charge on any atom is -0.463 e. The van der Waals surface area contributed by atoms with E-state index in [2.05, 4.69) is 10.3 Å². The Morgan fingerprint density at radius 3 is 2.44 bits per heavy atom. The molecule has 2 atom stereocenters. The van der Waals surface area contributed by atoms with Gasteiger partial charge in [-0.15, -0.1) is 0 Å². The van der Waals surface area contributed by atoms with Crippen LogP contribution in [0.4, 0.5) is 0 Å². The van der Waals surface area contributed by atoms with Crippen molar-refractivity contribution in [2.45, 2.75) is 62.9 Å². The van der Waals surface area contributed by atoms with Crippen molar-refractivity contribution in [1.82, 2.24) is 10.3 Å². The van der Waals surface area contributed by atoms with E-state index in [1.807, 2.05) is 42.5 Å². The molecule has 32 heavy (non-hydrogen) atoms. The van der Waals surface area contributed by atoms with Crippen molar-refractivity contribution in [3.05, 3.63) is 66.0 Å². The maximum Gasteiger partial charge on any atom is 0.343 e. The number of nitrogens with one attached hydrogen (secondary N) is 1. The van der Waals surface area contributed by atoms with Gasteiger partial charge in [-0.1, -0.05) is 43.2 Å². The second kappa shape index (κ2) is 11.1. The molecule has 0 bridgehead atoms. The summed E-state index contributed by atoms with van der Waals surface area (Å²) in [4.78, 5) is 17.5. The molecule has 4 rings (SSSR count). The van der Waals surface area contributed by atoms with Crippen LogP contribution in [-0.2, 0) is 15.1 Å². The molecule has 1 aromatic heterocycles. The highest BCUT2D eigenvalue weighted by Crippen LogP contribution is 2.41. The van der Waals surface area contributed by atoms with Crippen molar-refractivity contribution in [3.63, 3.8) is 0 Å². The monoisotopic (exact) mass is 436 g/mol. The van der Waals surface area contributed by atoms with Gasteiger partial charge >= 0.3 is 5.97 Å². The van der Waals surface area contributed by atoms with Crippen LogP contribution in [0.25, 0.3) is 0 Å². The third kappa shape index (κ3) is 5.38. The Labute approximate surface area is 191 Å². The number of hydrogen-bond donors (Lipinski definition) is 2. The minimum absolute atomic E-state index is 0.0912. The van der Waals surface area contributed by atoms with Gasteiger partial charge in [-0.05, 0) is 80.8 Å². The van der Waals surface area contributed by atoms with Gasteiger partial charge < -0.3 is 15.2 Å². The van der Waals surface area contributed by atoms with E-state index in [-0.39, 0.29) is 18.4 Å². The number of esters is 1. The summed E-state index contributed by atoms with van der Waals surface area (Å²) < 4.78 is 5.91. The Kier molecular flexibility index (Phi) is 7.93. The van der Waals surface area contributed by atoms with E-state index in [1.54, 1.807) is 12.4 Å². The molecule has 2 aliphatic rings. The fourth-order valence-corrected chi connectivity index (χ4v) is 5.43. The van der Waals surface area contributed by atoms with Gasteiger partial charge in [0, 0.05) is 24.2 Å². The van der Waals surface area contributed by atoms with Crippen LogP contribution in [0, 0.1) is 11.8 Å². The number of benzene rings is 1. The van der Waals surface area contributed by atoms with E-state index in [4.69, 9.17) is 4.74 Å². The molecule has 2 unspecified atom stereocenters. The summed E-state index contributed by atoms with van der Waals surface area (Å²) in [7, 11) is 0. The van der Waals surface area contributed by atoms with Crippen molar-refractivity contribution in [1.29, 1.82) is 0 Å². The number of aliphatic hydroxyl groups is 1. The summed E-state index contributed by atoms with van der Waals surface area (Å²) in [6.07, 6.45) is 11.9. The lowest BCUT2D eigenvalue weighted by molar-refractivity contribution is -0.174. The fraction of sp³-hybridized carbons (Fsp3) is 0.556. The molecule has 1 aliphatic carbocycles. The number of aromatic nitrogens is 1. The van der Waals surface area contributed by atoms with Crippen molar-refractivity contribution in [2.24, 2.45) is 11.8 Å². The Morgan fingerprint density at radius 2 is 1.75 bits per heavy atom. The molecule has 1 saturated carbocycles. The molecule has 0 amide bonds. The number of nitrogens with zero attached hydrogens (tertiary/aromatic N) is 1. The Hall–Kier alpha value is -2.24. The first-order chi connectivity index (χ1) is 15.7.